The first kappa shape index (κ1) is 13.1. The van der Waals surface area contributed by atoms with E-state index in [1.807, 2.05) is 18.4 Å². The predicted octanol–water partition coefficient (Wildman–Crippen LogP) is 4.20. The van der Waals surface area contributed by atoms with Crippen LogP contribution in [0.2, 0.25) is 5.02 Å². The van der Waals surface area contributed by atoms with Crippen LogP contribution in [0.25, 0.3) is 0 Å². The molecule has 2 nitrogen and oxygen atoms in total. The highest BCUT2D eigenvalue weighted by atomic mass is 35.5. The Hall–Kier alpha value is -1.32. The van der Waals surface area contributed by atoms with E-state index < -0.39 is 0 Å². The lowest BCUT2D eigenvalue weighted by molar-refractivity contribution is 0.103. The van der Waals surface area contributed by atoms with Crippen LogP contribution in [-0.2, 0) is 6.42 Å². The number of hydrogen-bond donors (Lipinski definition) is 0. The molecular formula is C14H13ClO2S. The minimum Gasteiger partial charge on any atom is -0.496 e. The van der Waals surface area contributed by atoms with E-state index in [4.69, 9.17) is 16.3 Å². The lowest BCUT2D eigenvalue weighted by Gasteiger charge is -2.08. The van der Waals surface area contributed by atoms with Crippen LogP contribution < -0.4 is 4.74 Å². The van der Waals surface area contributed by atoms with Crippen molar-refractivity contribution in [3.63, 3.8) is 0 Å². The number of halogens is 1. The number of rotatable bonds is 4. The van der Waals surface area contributed by atoms with Crippen molar-refractivity contribution < 1.29 is 9.53 Å². The number of benzene rings is 1. The van der Waals surface area contributed by atoms with E-state index in [-0.39, 0.29) is 5.78 Å². The molecule has 18 heavy (non-hydrogen) atoms. The molecule has 0 atom stereocenters. The molecule has 1 aromatic carbocycles. The van der Waals surface area contributed by atoms with Crippen LogP contribution in [0, 0.1) is 0 Å². The Morgan fingerprint density at radius 2 is 2.17 bits per heavy atom. The van der Waals surface area contributed by atoms with Gasteiger partial charge in [-0.3, -0.25) is 4.79 Å². The zero-order chi connectivity index (χ0) is 13.1. The van der Waals surface area contributed by atoms with Crippen molar-refractivity contribution in [1.29, 1.82) is 0 Å². The van der Waals surface area contributed by atoms with Gasteiger partial charge in [0.05, 0.1) is 17.6 Å². The fourth-order valence-electron chi connectivity index (χ4n) is 1.79. The number of hydrogen-bond acceptors (Lipinski definition) is 3. The molecule has 0 radical (unpaired) electrons. The molecule has 94 valence electrons. The van der Waals surface area contributed by atoms with E-state index >= 15 is 0 Å². The first-order chi connectivity index (χ1) is 8.67. The standard InChI is InChI=1S/C14H13ClO2S/c1-3-9-6-7-18-14(9)13(16)11-8-10(15)4-5-12(11)17-2/h4-8H,3H2,1-2H3. The molecule has 0 saturated heterocycles. The van der Waals surface area contributed by atoms with Gasteiger partial charge in [-0.1, -0.05) is 18.5 Å². The number of thiophene rings is 1. The zero-order valence-corrected chi connectivity index (χ0v) is 11.8. The minimum atomic E-state index is -0.0267. The second-order valence-electron chi connectivity index (χ2n) is 3.80. The average molecular weight is 281 g/mol. The number of methoxy groups -OCH3 is 1. The maximum absolute atomic E-state index is 12.5. The molecule has 0 fully saturated rings. The van der Waals surface area contributed by atoms with Gasteiger partial charge in [0.2, 0.25) is 5.78 Å². The van der Waals surface area contributed by atoms with Crippen LogP contribution in [0.5, 0.6) is 5.75 Å². The normalized spacial score (nSPS) is 10.4. The highest BCUT2D eigenvalue weighted by molar-refractivity contribution is 7.12. The third kappa shape index (κ3) is 2.42. The van der Waals surface area contributed by atoms with Gasteiger partial charge in [0, 0.05) is 5.02 Å². The van der Waals surface area contributed by atoms with Crippen LogP contribution in [0.1, 0.15) is 27.7 Å². The van der Waals surface area contributed by atoms with Crippen LogP contribution >= 0.6 is 22.9 Å². The van der Waals surface area contributed by atoms with Crippen molar-refractivity contribution in [2.24, 2.45) is 0 Å². The molecule has 0 bridgehead atoms. The molecule has 0 aliphatic rings. The molecule has 0 N–H and O–H groups in total. The third-order valence-electron chi connectivity index (χ3n) is 2.74. The number of carbonyl (C=O) groups excluding carboxylic acids is 1. The number of aryl methyl sites for hydroxylation is 1. The Balaban J connectivity index is 2.48. The number of carbonyl (C=O) groups is 1. The second-order valence-corrected chi connectivity index (χ2v) is 5.15. The van der Waals surface area contributed by atoms with Crippen LogP contribution in [0.15, 0.2) is 29.6 Å². The van der Waals surface area contributed by atoms with E-state index in [1.54, 1.807) is 25.3 Å². The Morgan fingerprint density at radius 1 is 1.39 bits per heavy atom. The molecule has 2 aromatic rings. The van der Waals surface area contributed by atoms with Gasteiger partial charge in [-0.25, -0.2) is 0 Å². The zero-order valence-electron chi connectivity index (χ0n) is 10.2. The largest absolute Gasteiger partial charge is 0.496 e. The Bertz CT molecular complexity index is 575. The van der Waals surface area contributed by atoms with E-state index in [2.05, 4.69) is 0 Å². The molecule has 4 heteroatoms. The van der Waals surface area contributed by atoms with Crippen molar-refractivity contribution in [3.8, 4) is 5.75 Å². The highest BCUT2D eigenvalue weighted by Gasteiger charge is 2.18. The first-order valence-electron chi connectivity index (χ1n) is 5.62. The number of ether oxygens (including phenoxy) is 1. The van der Waals surface area contributed by atoms with Crippen molar-refractivity contribution in [3.05, 3.63) is 50.7 Å². The monoisotopic (exact) mass is 280 g/mol. The SMILES string of the molecule is CCc1ccsc1C(=O)c1cc(Cl)ccc1OC. The van der Waals surface area contributed by atoms with Gasteiger partial charge in [0.15, 0.2) is 0 Å². The summed E-state index contributed by atoms with van der Waals surface area (Å²) in [5.74, 6) is 0.529. The predicted molar refractivity (Wildman–Crippen MR) is 75.1 cm³/mol. The van der Waals surface area contributed by atoms with E-state index in [0.29, 0.717) is 16.3 Å². The molecular weight excluding hydrogens is 268 g/mol. The van der Waals surface area contributed by atoms with E-state index in [0.717, 1.165) is 16.9 Å². The van der Waals surface area contributed by atoms with Crippen molar-refractivity contribution >= 4 is 28.7 Å². The Morgan fingerprint density at radius 3 is 2.83 bits per heavy atom. The number of ketones is 1. The van der Waals surface area contributed by atoms with Gasteiger partial charge in [-0.15, -0.1) is 11.3 Å². The molecule has 0 saturated carbocycles. The van der Waals surface area contributed by atoms with Crippen molar-refractivity contribution in [2.45, 2.75) is 13.3 Å². The van der Waals surface area contributed by atoms with E-state index in [9.17, 15) is 4.79 Å². The summed E-state index contributed by atoms with van der Waals surface area (Å²) in [7, 11) is 1.55. The third-order valence-corrected chi connectivity index (χ3v) is 3.93. The second kappa shape index (κ2) is 5.55. The molecule has 0 unspecified atom stereocenters. The summed E-state index contributed by atoms with van der Waals surface area (Å²) in [6, 6.07) is 7.07. The molecule has 2 rings (SSSR count). The fraction of sp³-hybridized carbons (Fsp3) is 0.214. The minimum absolute atomic E-state index is 0.0267. The summed E-state index contributed by atoms with van der Waals surface area (Å²) in [6.45, 7) is 2.04. The summed E-state index contributed by atoms with van der Waals surface area (Å²) in [4.78, 5) is 13.3. The Labute approximate surface area is 115 Å². The van der Waals surface area contributed by atoms with Crippen LogP contribution in [-0.4, -0.2) is 12.9 Å². The van der Waals surface area contributed by atoms with Crippen molar-refractivity contribution in [2.75, 3.05) is 7.11 Å². The smallest absolute Gasteiger partial charge is 0.206 e. The van der Waals surface area contributed by atoms with Gasteiger partial charge in [-0.2, -0.15) is 0 Å². The fourth-order valence-corrected chi connectivity index (χ4v) is 2.91. The maximum Gasteiger partial charge on any atom is 0.206 e. The quantitative estimate of drug-likeness (QED) is 0.785. The van der Waals surface area contributed by atoms with Crippen LogP contribution in [0.3, 0.4) is 0 Å². The summed E-state index contributed by atoms with van der Waals surface area (Å²) in [5, 5.41) is 2.47. The Kier molecular flexibility index (Phi) is 4.04. The van der Waals surface area contributed by atoms with Crippen molar-refractivity contribution in [1.82, 2.24) is 0 Å². The average Bonchev–Trinajstić information content (AvgIpc) is 2.86. The first-order valence-corrected chi connectivity index (χ1v) is 6.87. The summed E-state index contributed by atoms with van der Waals surface area (Å²) in [5.41, 5.74) is 1.58. The molecule has 1 aromatic heterocycles. The van der Waals surface area contributed by atoms with Gasteiger partial charge in [0.25, 0.3) is 0 Å². The summed E-state index contributed by atoms with van der Waals surface area (Å²) in [6.07, 6.45) is 0.841. The van der Waals surface area contributed by atoms with E-state index in [1.165, 1.54) is 11.3 Å². The summed E-state index contributed by atoms with van der Waals surface area (Å²) >= 11 is 7.40. The molecule has 0 spiro atoms. The molecule has 1 heterocycles. The lowest BCUT2D eigenvalue weighted by Crippen LogP contribution is -2.04. The topological polar surface area (TPSA) is 26.3 Å². The van der Waals surface area contributed by atoms with Gasteiger partial charge >= 0.3 is 0 Å². The molecule has 0 aliphatic heterocycles. The van der Waals surface area contributed by atoms with Gasteiger partial charge < -0.3 is 4.74 Å². The molecule has 0 amide bonds. The van der Waals surface area contributed by atoms with Gasteiger partial charge in [0.1, 0.15) is 5.75 Å². The van der Waals surface area contributed by atoms with Gasteiger partial charge in [-0.05, 0) is 41.6 Å². The maximum atomic E-state index is 12.5. The molecule has 0 aliphatic carbocycles. The highest BCUT2D eigenvalue weighted by Crippen LogP contribution is 2.28. The lowest BCUT2D eigenvalue weighted by atomic mass is 10.0. The summed E-state index contributed by atoms with van der Waals surface area (Å²) < 4.78 is 5.22. The van der Waals surface area contributed by atoms with Crippen LogP contribution in [0.4, 0.5) is 0 Å².